The zero-order valence-corrected chi connectivity index (χ0v) is 17.6. The standard InChI is InChI=1S/C19H20ClN3O6S/c1-13(19(24)21-15-6-4-5-14(20)11-15)29-18-8-7-16(12-17(18)23(25)26)30(27,28)22-9-2-3-10-22/h4-8,11-13H,2-3,9-10H2,1H3,(H,21,24). The lowest BCUT2D eigenvalue weighted by molar-refractivity contribution is -0.386. The lowest BCUT2D eigenvalue weighted by atomic mass is 10.2. The third-order valence-corrected chi connectivity index (χ3v) is 6.72. The Balaban J connectivity index is 1.79. The van der Waals surface area contributed by atoms with E-state index in [-0.39, 0.29) is 10.6 Å². The smallest absolute Gasteiger partial charge is 0.312 e. The third kappa shape index (κ3) is 4.89. The van der Waals surface area contributed by atoms with E-state index >= 15 is 0 Å². The summed E-state index contributed by atoms with van der Waals surface area (Å²) in [4.78, 5) is 22.9. The Hall–Kier alpha value is -2.69. The Morgan fingerprint density at radius 1 is 1.23 bits per heavy atom. The van der Waals surface area contributed by atoms with E-state index in [1.807, 2.05) is 0 Å². The van der Waals surface area contributed by atoms with Gasteiger partial charge in [0.05, 0.1) is 9.82 Å². The van der Waals surface area contributed by atoms with Crippen LogP contribution in [0, 0.1) is 10.1 Å². The molecule has 0 saturated carbocycles. The lowest BCUT2D eigenvalue weighted by Gasteiger charge is -2.17. The minimum absolute atomic E-state index is 0.181. The number of amides is 1. The predicted octanol–water partition coefficient (Wildman–Crippen LogP) is 3.44. The first-order valence-electron chi connectivity index (χ1n) is 9.20. The number of hydrogen-bond acceptors (Lipinski definition) is 6. The number of nitrogens with zero attached hydrogens (tertiary/aromatic N) is 2. The van der Waals surface area contributed by atoms with Crippen LogP contribution in [0.25, 0.3) is 0 Å². The van der Waals surface area contributed by atoms with Gasteiger partial charge in [0.25, 0.3) is 5.91 Å². The van der Waals surface area contributed by atoms with Crippen molar-refractivity contribution in [2.45, 2.75) is 30.8 Å². The van der Waals surface area contributed by atoms with Gasteiger partial charge in [0.15, 0.2) is 11.9 Å². The minimum Gasteiger partial charge on any atom is -0.474 e. The molecular weight excluding hydrogens is 434 g/mol. The number of benzene rings is 2. The topological polar surface area (TPSA) is 119 Å². The number of halogens is 1. The van der Waals surface area contributed by atoms with Crippen LogP contribution in [-0.4, -0.2) is 42.7 Å². The molecule has 160 valence electrons. The molecule has 2 aromatic rings. The van der Waals surface area contributed by atoms with Crippen molar-refractivity contribution in [3.8, 4) is 5.75 Å². The number of carbonyl (C=O) groups excluding carboxylic acids is 1. The molecule has 11 heteroatoms. The van der Waals surface area contributed by atoms with Crippen LogP contribution in [0.5, 0.6) is 5.75 Å². The molecule has 1 N–H and O–H groups in total. The van der Waals surface area contributed by atoms with E-state index in [1.54, 1.807) is 24.3 Å². The maximum Gasteiger partial charge on any atom is 0.312 e. The van der Waals surface area contributed by atoms with Gasteiger partial charge in [-0.15, -0.1) is 0 Å². The van der Waals surface area contributed by atoms with Crippen LogP contribution in [0.1, 0.15) is 19.8 Å². The molecule has 30 heavy (non-hydrogen) atoms. The van der Waals surface area contributed by atoms with Crippen molar-refractivity contribution in [2.75, 3.05) is 18.4 Å². The number of carbonyl (C=O) groups is 1. The number of anilines is 1. The summed E-state index contributed by atoms with van der Waals surface area (Å²) >= 11 is 5.88. The van der Waals surface area contributed by atoms with Gasteiger partial charge in [0.1, 0.15) is 0 Å². The number of hydrogen-bond donors (Lipinski definition) is 1. The van der Waals surface area contributed by atoms with Gasteiger partial charge in [-0.3, -0.25) is 14.9 Å². The van der Waals surface area contributed by atoms with E-state index in [9.17, 15) is 23.3 Å². The van der Waals surface area contributed by atoms with Gasteiger partial charge in [-0.25, -0.2) is 8.42 Å². The molecule has 0 radical (unpaired) electrons. The first-order chi connectivity index (χ1) is 14.2. The minimum atomic E-state index is -3.82. The third-order valence-electron chi connectivity index (χ3n) is 4.60. The second-order valence-corrected chi connectivity index (χ2v) is 9.13. The van der Waals surface area contributed by atoms with Crippen molar-refractivity contribution in [3.63, 3.8) is 0 Å². The zero-order chi connectivity index (χ0) is 21.9. The van der Waals surface area contributed by atoms with Crippen LogP contribution in [0.3, 0.4) is 0 Å². The molecule has 0 spiro atoms. The summed E-state index contributed by atoms with van der Waals surface area (Å²) in [6.45, 7) is 2.20. The number of sulfonamides is 1. The number of nitro benzene ring substituents is 1. The van der Waals surface area contributed by atoms with Gasteiger partial charge >= 0.3 is 5.69 Å². The van der Waals surface area contributed by atoms with Crippen molar-refractivity contribution in [1.82, 2.24) is 4.31 Å². The lowest BCUT2D eigenvalue weighted by Crippen LogP contribution is -2.30. The Kier molecular flexibility index (Phi) is 6.59. The van der Waals surface area contributed by atoms with E-state index in [1.165, 1.54) is 23.4 Å². The number of ether oxygens (including phenoxy) is 1. The summed E-state index contributed by atoms with van der Waals surface area (Å²) in [6.07, 6.45) is 0.424. The van der Waals surface area contributed by atoms with Crippen molar-refractivity contribution < 1.29 is 22.9 Å². The highest BCUT2D eigenvalue weighted by atomic mass is 35.5. The van der Waals surface area contributed by atoms with Crippen LogP contribution >= 0.6 is 11.6 Å². The molecule has 1 fully saturated rings. The molecule has 2 aromatic carbocycles. The van der Waals surface area contributed by atoms with E-state index in [0.29, 0.717) is 23.8 Å². The molecule has 1 aliphatic heterocycles. The molecule has 1 amide bonds. The first kappa shape index (κ1) is 22.0. The molecule has 1 heterocycles. The maximum atomic E-state index is 12.7. The molecule has 1 saturated heterocycles. The Morgan fingerprint density at radius 3 is 2.57 bits per heavy atom. The molecule has 1 unspecified atom stereocenters. The summed E-state index contributed by atoms with van der Waals surface area (Å²) in [6, 6.07) is 9.90. The summed E-state index contributed by atoms with van der Waals surface area (Å²) in [7, 11) is -3.82. The van der Waals surface area contributed by atoms with E-state index in [4.69, 9.17) is 16.3 Å². The van der Waals surface area contributed by atoms with Gasteiger partial charge < -0.3 is 10.1 Å². The Bertz CT molecular complexity index is 1070. The highest BCUT2D eigenvalue weighted by Gasteiger charge is 2.30. The summed E-state index contributed by atoms with van der Waals surface area (Å²) < 4.78 is 32.1. The van der Waals surface area contributed by atoms with Crippen LogP contribution < -0.4 is 10.1 Å². The Morgan fingerprint density at radius 2 is 1.93 bits per heavy atom. The fourth-order valence-electron chi connectivity index (χ4n) is 3.03. The number of nitrogens with one attached hydrogen (secondary N) is 1. The quantitative estimate of drug-likeness (QED) is 0.506. The van der Waals surface area contributed by atoms with E-state index in [0.717, 1.165) is 18.9 Å². The largest absolute Gasteiger partial charge is 0.474 e. The van der Waals surface area contributed by atoms with Crippen LogP contribution in [0.4, 0.5) is 11.4 Å². The van der Waals surface area contributed by atoms with Crippen LogP contribution in [0.2, 0.25) is 5.02 Å². The Labute approximate surface area is 178 Å². The number of nitro groups is 1. The molecule has 9 nitrogen and oxygen atoms in total. The monoisotopic (exact) mass is 453 g/mol. The zero-order valence-electron chi connectivity index (χ0n) is 16.1. The fraction of sp³-hybridized carbons (Fsp3) is 0.316. The van der Waals surface area contributed by atoms with E-state index in [2.05, 4.69) is 5.32 Å². The van der Waals surface area contributed by atoms with E-state index < -0.39 is 32.6 Å². The summed E-state index contributed by atoms with van der Waals surface area (Å²) in [5, 5.41) is 14.5. The SMILES string of the molecule is CC(Oc1ccc(S(=O)(=O)N2CCCC2)cc1[N+](=O)[O-])C(=O)Nc1cccc(Cl)c1. The molecule has 0 aliphatic carbocycles. The van der Waals surface area contributed by atoms with Gasteiger partial charge in [-0.1, -0.05) is 17.7 Å². The average Bonchev–Trinajstić information content (AvgIpc) is 3.23. The molecule has 0 aromatic heterocycles. The van der Waals surface area contributed by atoms with Crippen molar-refractivity contribution in [1.29, 1.82) is 0 Å². The van der Waals surface area contributed by atoms with Crippen LogP contribution in [0.15, 0.2) is 47.4 Å². The van der Waals surface area contributed by atoms with Crippen LogP contribution in [-0.2, 0) is 14.8 Å². The molecule has 0 bridgehead atoms. The molecule has 1 atom stereocenters. The van der Waals surface area contributed by atoms with Gasteiger partial charge in [-0.05, 0) is 50.1 Å². The van der Waals surface area contributed by atoms with Crippen molar-refractivity contribution in [3.05, 3.63) is 57.6 Å². The molecule has 3 rings (SSSR count). The fourth-order valence-corrected chi connectivity index (χ4v) is 4.76. The van der Waals surface area contributed by atoms with Gasteiger partial charge in [0.2, 0.25) is 10.0 Å². The predicted molar refractivity (Wildman–Crippen MR) is 111 cm³/mol. The maximum absolute atomic E-state index is 12.7. The highest BCUT2D eigenvalue weighted by molar-refractivity contribution is 7.89. The van der Waals surface area contributed by atoms with Gasteiger partial charge in [-0.2, -0.15) is 4.31 Å². The van der Waals surface area contributed by atoms with Crippen molar-refractivity contribution in [2.24, 2.45) is 0 Å². The normalized spacial score (nSPS) is 15.5. The van der Waals surface area contributed by atoms with Gasteiger partial charge in [0, 0.05) is 29.9 Å². The molecule has 1 aliphatic rings. The molecular formula is C19H20ClN3O6S. The second-order valence-electron chi connectivity index (χ2n) is 6.76. The summed E-state index contributed by atoms with van der Waals surface area (Å²) in [5.74, 6) is -0.741. The highest BCUT2D eigenvalue weighted by Crippen LogP contribution is 2.32. The average molecular weight is 454 g/mol. The second kappa shape index (κ2) is 8.99. The summed E-state index contributed by atoms with van der Waals surface area (Å²) in [5.41, 5.74) is -0.0813. The first-order valence-corrected chi connectivity index (χ1v) is 11.0. The van der Waals surface area contributed by atoms with Crippen molar-refractivity contribution >= 4 is 38.9 Å². The number of rotatable bonds is 7.